The molecule has 0 amide bonds. The summed E-state index contributed by atoms with van der Waals surface area (Å²) in [6.45, 7) is 1.27. The first kappa shape index (κ1) is 15.0. The highest BCUT2D eigenvalue weighted by atomic mass is 32.1. The number of aldehydes is 1. The van der Waals surface area contributed by atoms with Gasteiger partial charge in [0.2, 0.25) is 5.78 Å². The molecule has 1 fully saturated rings. The van der Waals surface area contributed by atoms with Gasteiger partial charge in [-0.15, -0.1) is 11.3 Å². The lowest BCUT2D eigenvalue weighted by Gasteiger charge is -2.19. The van der Waals surface area contributed by atoms with Crippen LogP contribution >= 0.6 is 11.3 Å². The highest BCUT2D eigenvalue weighted by molar-refractivity contribution is 7.10. The molecule has 1 atom stereocenters. The van der Waals surface area contributed by atoms with Crippen molar-refractivity contribution in [2.45, 2.75) is 18.9 Å². The minimum atomic E-state index is -0.369. The molecule has 1 aromatic heterocycles. The molecule has 1 aromatic carbocycles. The van der Waals surface area contributed by atoms with Crippen LogP contribution in [0.25, 0.3) is 0 Å². The Morgan fingerprint density at radius 3 is 2.91 bits per heavy atom. The molecule has 1 aliphatic rings. The molecule has 2 heterocycles. The van der Waals surface area contributed by atoms with E-state index in [9.17, 15) is 14.0 Å². The maximum atomic E-state index is 12.9. The highest BCUT2D eigenvalue weighted by Gasteiger charge is 2.28. The first-order chi connectivity index (χ1) is 10.7. The van der Waals surface area contributed by atoms with E-state index in [2.05, 4.69) is 9.88 Å². The first-order valence-electron chi connectivity index (χ1n) is 7.12. The Balaban J connectivity index is 1.80. The zero-order chi connectivity index (χ0) is 15.5. The standard InChI is InChI=1S/C16H15FN2O2S/c17-12-5-3-11(4-6-12)15(21)13-10-22-16(18-13)14-2-1-7-19(14)8-9-20/h3-6,9-10,14H,1-2,7-8H2/t14-/m0/s1. The summed E-state index contributed by atoms with van der Waals surface area (Å²) in [7, 11) is 0. The minimum Gasteiger partial charge on any atom is -0.302 e. The number of hydrogen-bond acceptors (Lipinski definition) is 5. The number of thiazole rings is 1. The van der Waals surface area contributed by atoms with E-state index >= 15 is 0 Å². The molecule has 0 bridgehead atoms. The van der Waals surface area contributed by atoms with Gasteiger partial charge in [0.25, 0.3) is 0 Å². The molecule has 0 aliphatic carbocycles. The number of rotatable bonds is 5. The third-order valence-corrected chi connectivity index (χ3v) is 4.76. The van der Waals surface area contributed by atoms with Crippen LogP contribution < -0.4 is 0 Å². The molecular weight excluding hydrogens is 303 g/mol. The van der Waals surface area contributed by atoms with Gasteiger partial charge in [-0.1, -0.05) is 0 Å². The number of ketones is 1. The molecule has 0 saturated carbocycles. The number of benzene rings is 1. The molecule has 1 saturated heterocycles. The molecule has 114 valence electrons. The molecule has 0 unspecified atom stereocenters. The number of carbonyl (C=O) groups is 2. The number of hydrogen-bond donors (Lipinski definition) is 0. The maximum Gasteiger partial charge on any atom is 0.212 e. The van der Waals surface area contributed by atoms with Crippen LogP contribution in [0.3, 0.4) is 0 Å². The van der Waals surface area contributed by atoms with Crippen LogP contribution in [0.1, 0.15) is 39.9 Å². The second kappa shape index (κ2) is 6.46. The molecule has 3 rings (SSSR count). The fourth-order valence-electron chi connectivity index (χ4n) is 2.71. The monoisotopic (exact) mass is 318 g/mol. The fraction of sp³-hybridized carbons (Fsp3) is 0.312. The van der Waals surface area contributed by atoms with Gasteiger partial charge in [0.05, 0.1) is 12.6 Å². The number of nitrogens with zero attached hydrogens (tertiary/aromatic N) is 2. The Hall–Kier alpha value is -1.92. The van der Waals surface area contributed by atoms with Gasteiger partial charge in [0.1, 0.15) is 22.8 Å². The summed E-state index contributed by atoms with van der Waals surface area (Å²) >= 11 is 1.44. The van der Waals surface area contributed by atoms with E-state index in [0.717, 1.165) is 30.7 Å². The van der Waals surface area contributed by atoms with Gasteiger partial charge in [0, 0.05) is 10.9 Å². The van der Waals surface area contributed by atoms with Gasteiger partial charge in [0.15, 0.2) is 0 Å². The summed E-state index contributed by atoms with van der Waals surface area (Å²) in [6.07, 6.45) is 2.88. The van der Waals surface area contributed by atoms with Crippen molar-refractivity contribution in [3.63, 3.8) is 0 Å². The quantitative estimate of drug-likeness (QED) is 0.628. The van der Waals surface area contributed by atoms with Gasteiger partial charge in [-0.05, 0) is 43.7 Å². The molecule has 0 radical (unpaired) electrons. The molecular formula is C16H15FN2O2S. The highest BCUT2D eigenvalue weighted by Crippen LogP contribution is 2.33. The largest absolute Gasteiger partial charge is 0.302 e. The van der Waals surface area contributed by atoms with Crippen molar-refractivity contribution in [3.05, 3.63) is 51.7 Å². The number of aromatic nitrogens is 1. The Kier molecular flexibility index (Phi) is 4.40. The van der Waals surface area contributed by atoms with E-state index < -0.39 is 0 Å². The SMILES string of the molecule is O=CCN1CCC[C@H]1c1nc(C(=O)c2ccc(F)cc2)cs1. The van der Waals surface area contributed by atoms with E-state index in [4.69, 9.17) is 0 Å². The van der Waals surface area contributed by atoms with E-state index in [1.165, 1.54) is 35.6 Å². The van der Waals surface area contributed by atoms with Gasteiger partial charge in [-0.2, -0.15) is 0 Å². The fourth-order valence-corrected chi connectivity index (χ4v) is 3.68. The van der Waals surface area contributed by atoms with Crippen molar-refractivity contribution in [1.29, 1.82) is 0 Å². The van der Waals surface area contributed by atoms with Gasteiger partial charge < -0.3 is 4.79 Å². The molecule has 4 nitrogen and oxygen atoms in total. The lowest BCUT2D eigenvalue weighted by Crippen LogP contribution is -2.25. The van der Waals surface area contributed by atoms with Crippen LogP contribution in [-0.4, -0.2) is 35.0 Å². The lowest BCUT2D eigenvalue weighted by atomic mass is 10.1. The molecule has 0 N–H and O–H groups in total. The molecule has 2 aromatic rings. The van der Waals surface area contributed by atoms with Crippen LogP contribution in [0.15, 0.2) is 29.6 Å². The normalized spacial score (nSPS) is 18.5. The molecule has 1 aliphatic heterocycles. The average Bonchev–Trinajstić information content (AvgIpc) is 3.16. The van der Waals surface area contributed by atoms with Gasteiger partial charge in [-0.25, -0.2) is 9.37 Å². The van der Waals surface area contributed by atoms with Crippen molar-refractivity contribution < 1.29 is 14.0 Å². The van der Waals surface area contributed by atoms with Crippen molar-refractivity contribution in [2.24, 2.45) is 0 Å². The Morgan fingerprint density at radius 1 is 1.41 bits per heavy atom. The summed E-state index contributed by atoms with van der Waals surface area (Å²) in [4.78, 5) is 29.6. The summed E-state index contributed by atoms with van der Waals surface area (Å²) in [5.41, 5.74) is 0.805. The van der Waals surface area contributed by atoms with Crippen LogP contribution in [0.5, 0.6) is 0 Å². The summed E-state index contributed by atoms with van der Waals surface area (Å²) in [5, 5.41) is 2.60. The topological polar surface area (TPSA) is 50.3 Å². The predicted molar refractivity (Wildman–Crippen MR) is 81.6 cm³/mol. The summed E-state index contributed by atoms with van der Waals surface area (Å²) in [6, 6.07) is 5.58. The van der Waals surface area contributed by atoms with E-state index in [1.54, 1.807) is 5.38 Å². The number of halogens is 1. The molecule has 6 heteroatoms. The van der Waals surface area contributed by atoms with Crippen LogP contribution in [0.2, 0.25) is 0 Å². The van der Waals surface area contributed by atoms with Crippen molar-refractivity contribution in [1.82, 2.24) is 9.88 Å². The molecule has 0 spiro atoms. The van der Waals surface area contributed by atoms with Crippen molar-refractivity contribution in [3.8, 4) is 0 Å². The van der Waals surface area contributed by atoms with E-state index in [1.807, 2.05) is 0 Å². The smallest absolute Gasteiger partial charge is 0.212 e. The predicted octanol–water partition coefficient (Wildman–Crippen LogP) is 2.85. The van der Waals surface area contributed by atoms with Gasteiger partial charge >= 0.3 is 0 Å². The van der Waals surface area contributed by atoms with Crippen LogP contribution in [0, 0.1) is 5.82 Å². The maximum absolute atomic E-state index is 12.9. The Morgan fingerprint density at radius 2 is 2.18 bits per heavy atom. The average molecular weight is 318 g/mol. The van der Waals surface area contributed by atoms with Crippen LogP contribution in [0.4, 0.5) is 4.39 Å². The Bertz CT molecular complexity index is 684. The molecule has 22 heavy (non-hydrogen) atoms. The minimum absolute atomic E-state index is 0.116. The van der Waals surface area contributed by atoms with E-state index in [-0.39, 0.29) is 17.6 Å². The first-order valence-corrected chi connectivity index (χ1v) is 8.00. The zero-order valence-corrected chi connectivity index (χ0v) is 12.7. The van der Waals surface area contributed by atoms with Crippen LogP contribution in [-0.2, 0) is 4.79 Å². The van der Waals surface area contributed by atoms with Crippen molar-refractivity contribution in [2.75, 3.05) is 13.1 Å². The third-order valence-electron chi connectivity index (χ3n) is 3.82. The zero-order valence-electron chi connectivity index (χ0n) is 11.9. The summed E-state index contributed by atoms with van der Waals surface area (Å²) in [5.74, 6) is -0.576. The Labute approximate surface area is 131 Å². The third kappa shape index (κ3) is 2.98. The number of likely N-dealkylation sites (tertiary alicyclic amines) is 1. The second-order valence-corrected chi connectivity index (χ2v) is 6.12. The summed E-state index contributed by atoms with van der Waals surface area (Å²) < 4.78 is 12.9. The number of carbonyl (C=O) groups excluding carboxylic acids is 2. The van der Waals surface area contributed by atoms with Gasteiger partial charge in [-0.3, -0.25) is 9.69 Å². The van der Waals surface area contributed by atoms with Crippen molar-refractivity contribution >= 4 is 23.4 Å². The lowest BCUT2D eigenvalue weighted by molar-refractivity contribution is -0.109. The van der Waals surface area contributed by atoms with E-state index in [0.29, 0.717) is 17.8 Å². The second-order valence-electron chi connectivity index (χ2n) is 5.23.